The molecule has 3 aromatic heterocycles. The summed E-state index contributed by atoms with van der Waals surface area (Å²) in [6, 6.07) is 10.1. The van der Waals surface area contributed by atoms with E-state index in [0.717, 1.165) is 54.0 Å². The molecule has 1 unspecified atom stereocenters. The Hall–Kier alpha value is -2.90. The number of β-amino-alcohol motifs (C(OH)–C–C–N with tert-alkyl or cyclic N) is 1. The maximum Gasteiger partial charge on any atom is 0.292 e. The smallest absolute Gasteiger partial charge is 0.292 e. The number of aromatic nitrogens is 3. The molecular formula is C19H19N5O2. The number of anilines is 1. The van der Waals surface area contributed by atoms with E-state index in [4.69, 9.17) is 10.2 Å². The Morgan fingerprint density at radius 1 is 1.23 bits per heavy atom. The predicted octanol–water partition coefficient (Wildman–Crippen LogP) is 2.29. The molecule has 1 saturated heterocycles. The number of oxazole rings is 1. The molecule has 0 spiro atoms. The number of hydrogen-bond donors (Lipinski definition) is 2. The van der Waals surface area contributed by atoms with Crippen molar-refractivity contribution in [2.24, 2.45) is 0 Å². The lowest BCUT2D eigenvalue weighted by atomic mass is 10.1. The first-order valence-corrected chi connectivity index (χ1v) is 8.68. The summed E-state index contributed by atoms with van der Waals surface area (Å²) in [4.78, 5) is 11.0. The average Bonchev–Trinajstić information content (AvgIpc) is 3.32. The Morgan fingerprint density at radius 2 is 2.12 bits per heavy atom. The van der Waals surface area contributed by atoms with Crippen molar-refractivity contribution in [2.45, 2.75) is 19.1 Å². The lowest BCUT2D eigenvalue weighted by Crippen LogP contribution is -2.22. The largest absolute Gasteiger partial charge is 0.424 e. The van der Waals surface area contributed by atoms with Crippen LogP contribution in [0.3, 0.4) is 0 Å². The Kier molecular flexibility index (Phi) is 3.44. The zero-order valence-corrected chi connectivity index (χ0v) is 14.2. The summed E-state index contributed by atoms with van der Waals surface area (Å²) in [7, 11) is 0. The number of aliphatic hydroxyl groups is 1. The number of fused-ring (bicyclic) bond motifs is 2. The highest BCUT2D eigenvalue weighted by Crippen LogP contribution is 2.26. The van der Waals surface area contributed by atoms with E-state index in [-0.39, 0.29) is 12.1 Å². The molecule has 0 bridgehead atoms. The fraction of sp³-hybridized carbons (Fsp3) is 0.263. The highest BCUT2D eigenvalue weighted by molar-refractivity contribution is 5.81. The summed E-state index contributed by atoms with van der Waals surface area (Å²) >= 11 is 0. The summed E-state index contributed by atoms with van der Waals surface area (Å²) in [6.07, 6.45) is 4.62. The van der Waals surface area contributed by atoms with Crippen LogP contribution in [-0.2, 0) is 6.54 Å². The van der Waals surface area contributed by atoms with E-state index < -0.39 is 0 Å². The molecule has 1 fully saturated rings. The maximum atomic E-state index is 9.74. The van der Waals surface area contributed by atoms with Gasteiger partial charge in [-0.15, -0.1) is 0 Å². The first-order valence-electron chi connectivity index (χ1n) is 8.68. The van der Waals surface area contributed by atoms with Crippen LogP contribution in [0.15, 0.2) is 47.1 Å². The van der Waals surface area contributed by atoms with Gasteiger partial charge >= 0.3 is 0 Å². The van der Waals surface area contributed by atoms with Gasteiger partial charge in [0, 0.05) is 25.8 Å². The molecule has 5 rings (SSSR count). The highest BCUT2D eigenvalue weighted by Gasteiger charge is 2.21. The van der Waals surface area contributed by atoms with Crippen LogP contribution in [0.5, 0.6) is 0 Å². The van der Waals surface area contributed by atoms with Gasteiger partial charge in [-0.3, -0.25) is 4.90 Å². The lowest BCUT2D eigenvalue weighted by Gasteiger charge is -2.14. The first kappa shape index (κ1) is 15.4. The van der Waals surface area contributed by atoms with E-state index in [0.29, 0.717) is 5.58 Å². The number of rotatable bonds is 3. The quantitative estimate of drug-likeness (QED) is 0.589. The van der Waals surface area contributed by atoms with Crippen molar-refractivity contribution < 1.29 is 9.52 Å². The van der Waals surface area contributed by atoms with E-state index in [9.17, 15) is 5.11 Å². The van der Waals surface area contributed by atoms with Gasteiger partial charge in [-0.1, -0.05) is 6.07 Å². The number of benzene rings is 1. The van der Waals surface area contributed by atoms with Crippen LogP contribution in [0.2, 0.25) is 0 Å². The monoisotopic (exact) mass is 349 g/mol. The molecule has 0 aliphatic carbocycles. The maximum absolute atomic E-state index is 9.74. The van der Waals surface area contributed by atoms with Crippen molar-refractivity contribution in [1.29, 1.82) is 0 Å². The van der Waals surface area contributed by atoms with Gasteiger partial charge in [-0.05, 0) is 41.8 Å². The average molecular weight is 349 g/mol. The molecular weight excluding hydrogens is 330 g/mol. The van der Waals surface area contributed by atoms with Crippen LogP contribution in [-0.4, -0.2) is 43.6 Å². The minimum absolute atomic E-state index is 0.178. The molecule has 4 heterocycles. The third-order valence-electron chi connectivity index (χ3n) is 4.95. The number of nitrogens with two attached hydrogens (primary N) is 1. The minimum Gasteiger partial charge on any atom is -0.424 e. The van der Waals surface area contributed by atoms with Crippen LogP contribution in [0.1, 0.15) is 12.1 Å². The van der Waals surface area contributed by atoms with Gasteiger partial charge in [0.15, 0.2) is 5.58 Å². The zero-order chi connectivity index (χ0) is 17.7. The van der Waals surface area contributed by atoms with E-state index in [1.54, 1.807) is 0 Å². The molecule has 4 aromatic rings. The van der Waals surface area contributed by atoms with Crippen LogP contribution in [0, 0.1) is 0 Å². The van der Waals surface area contributed by atoms with Crippen LogP contribution in [0.4, 0.5) is 6.01 Å². The molecule has 3 N–H and O–H groups in total. The number of likely N-dealkylation sites (tertiary alicyclic amines) is 1. The Morgan fingerprint density at radius 3 is 2.96 bits per heavy atom. The Bertz CT molecular complexity index is 1100. The number of nitrogen functional groups attached to an aromatic ring is 1. The van der Waals surface area contributed by atoms with Gasteiger partial charge in [-0.2, -0.15) is 4.98 Å². The molecule has 132 valence electrons. The molecule has 1 aliphatic rings. The molecule has 7 heteroatoms. The Balaban J connectivity index is 1.52. The standard InChI is InChI=1S/C19H19N5O2/c20-19-22-16-7-12(1-3-17(16)26-19)13-2-4-18-21-8-14(24(18)9-13)10-23-6-5-15(25)11-23/h1-4,7-9,15,25H,5-6,10-11H2,(H2,20,22). The van der Waals surface area contributed by atoms with Crippen molar-refractivity contribution >= 4 is 22.8 Å². The van der Waals surface area contributed by atoms with Crippen molar-refractivity contribution in [3.8, 4) is 11.1 Å². The van der Waals surface area contributed by atoms with Gasteiger partial charge in [0.1, 0.15) is 11.2 Å². The van der Waals surface area contributed by atoms with Gasteiger partial charge < -0.3 is 19.7 Å². The molecule has 0 radical (unpaired) electrons. The molecule has 1 aromatic carbocycles. The number of pyridine rings is 1. The van der Waals surface area contributed by atoms with Crippen molar-refractivity contribution in [3.05, 3.63) is 48.4 Å². The van der Waals surface area contributed by atoms with E-state index >= 15 is 0 Å². The lowest BCUT2D eigenvalue weighted by molar-refractivity contribution is 0.174. The second kappa shape index (κ2) is 5.82. The summed E-state index contributed by atoms with van der Waals surface area (Å²) in [6.45, 7) is 2.41. The van der Waals surface area contributed by atoms with Crippen LogP contribution in [0.25, 0.3) is 27.9 Å². The van der Waals surface area contributed by atoms with E-state index in [1.165, 1.54) is 0 Å². The van der Waals surface area contributed by atoms with Crippen molar-refractivity contribution in [1.82, 2.24) is 19.3 Å². The third-order valence-corrected chi connectivity index (χ3v) is 4.95. The first-order chi connectivity index (χ1) is 12.7. The highest BCUT2D eigenvalue weighted by atomic mass is 16.4. The van der Waals surface area contributed by atoms with Gasteiger partial charge in [0.2, 0.25) is 0 Å². The van der Waals surface area contributed by atoms with Crippen molar-refractivity contribution in [2.75, 3.05) is 18.8 Å². The van der Waals surface area contributed by atoms with E-state index in [1.807, 2.05) is 30.5 Å². The Labute approximate surface area is 149 Å². The molecule has 1 atom stereocenters. The van der Waals surface area contributed by atoms with Crippen LogP contribution >= 0.6 is 0 Å². The molecule has 0 amide bonds. The zero-order valence-electron chi connectivity index (χ0n) is 14.2. The van der Waals surface area contributed by atoms with Crippen LogP contribution < -0.4 is 5.73 Å². The normalized spacial score (nSPS) is 18.3. The summed E-state index contributed by atoms with van der Waals surface area (Å²) in [5.74, 6) is 0. The predicted molar refractivity (Wildman–Crippen MR) is 98.5 cm³/mol. The number of hydrogen-bond acceptors (Lipinski definition) is 6. The third kappa shape index (κ3) is 2.61. The summed E-state index contributed by atoms with van der Waals surface area (Å²) in [5, 5.41) is 9.74. The number of aliphatic hydroxyl groups excluding tert-OH is 1. The second-order valence-electron chi connectivity index (χ2n) is 6.81. The molecule has 26 heavy (non-hydrogen) atoms. The molecule has 0 saturated carbocycles. The van der Waals surface area contributed by atoms with Gasteiger partial charge in [0.05, 0.1) is 18.0 Å². The summed E-state index contributed by atoms with van der Waals surface area (Å²) in [5.41, 5.74) is 11.2. The summed E-state index contributed by atoms with van der Waals surface area (Å²) < 4.78 is 7.46. The minimum atomic E-state index is -0.216. The van der Waals surface area contributed by atoms with Gasteiger partial charge in [-0.25, -0.2) is 4.98 Å². The van der Waals surface area contributed by atoms with E-state index in [2.05, 4.69) is 31.5 Å². The second-order valence-corrected chi connectivity index (χ2v) is 6.81. The fourth-order valence-electron chi connectivity index (χ4n) is 3.63. The number of nitrogens with zero attached hydrogens (tertiary/aromatic N) is 4. The molecule has 1 aliphatic heterocycles. The van der Waals surface area contributed by atoms with Gasteiger partial charge in [0.25, 0.3) is 6.01 Å². The number of imidazole rings is 1. The van der Waals surface area contributed by atoms with Crippen molar-refractivity contribution in [3.63, 3.8) is 0 Å². The molecule has 7 nitrogen and oxygen atoms in total. The topological polar surface area (TPSA) is 92.8 Å². The fourth-order valence-corrected chi connectivity index (χ4v) is 3.63. The SMILES string of the molecule is Nc1nc2cc(-c3ccc4ncc(CN5CCC(O)C5)n4c3)ccc2o1.